The zero-order valence-electron chi connectivity index (χ0n) is 8.09. The van der Waals surface area contributed by atoms with Gasteiger partial charge >= 0.3 is 0 Å². The number of hydrogen-bond acceptors (Lipinski definition) is 2. The second-order valence-corrected chi connectivity index (χ2v) is 3.25. The van der Waals surface area contributed by atoms with E-state index in [1.807, 2.05) is 6.08 Å². The van der Waals surface area contributed by atoms with Gasteiger partial charge in [-0.15, -0.1) is 6.58 Å². The van der Waals surface area contributed by atoms with Crippen LogP contribution in [0.15, 0.2) is 12.7 Å². The highest BCUT2D eigenvalue weighted by Gasteiger charge is 2.03. The zero-order chi connectivity index (χ0) is 8.85. The molecule has 0 aliphatic carbocycles. The summed E-state index contributed by atoms with van der Waals surface area (Å²) >= 11 is 0. The number of hydrogen-bond donors (Lipinski definition) is 1. The molecule has 66 valence electrons. The van der Waals surface area contributed by atoms with Gasteiger partial charge in [-0.3, -0.25) is 0 Å². The van der Waals surface area contributed by atoms with Crippen LogP contribution in [0.2, 0.25) is 0 Å². The standard InChI is InChI=1S/C9H20N2/c1-6-8(2)10-7-9(3)11(4)5/h6,8-10H,1,7H2,2-5H3. The van der Waals surface area contributed by atoms with E-state index in [0.29, 0.717) is 12.1 Å². The normalized spacial score (nSPS) is 16.5. The van der Waals surface area contributed by atoms with E-state index >= 15 is 0 Å². The summed E-state index contributed by atoms with van der Waals surface area (Å²) in [5.74, 6) is 0. The van der Waals surface area contributed by atoms with Crippen molar-refractivity contribution in [1.29, 1.82) is 0 Å². The molecule has 0 radical (unpaired) electrons. The third-order valence-corrected chi connectivity index (χ3v) is 1.97. The van der Waals surface area contributed by atoms with Crippen LogP contribution < -0.4 is 5.32 Å². The molecule has 2 atom stereocenters. The van der Waals surface area contributed by atoms with Crippen LogP contribution >= 0.6 is 0 Å². The highest BCUT2D eigenvalue weighted by atomic mass is 15.1. The van der Waals surface area contributed by atoms with Gasteiger partial charge in [0.15, 0.2) is 0 Å². The van der Waals surface area contributed by atoms with Crippen molar-refractivity contribution in [3.8, 4) is 0 Å². The molecular weight excluding hydrogens is 136 g/mol. The van der Waals surface area contributed by atoms with Gasteiger partial charge in [-0.25, -0.2) is 0 Å². The molecule has 0 rings (SSSR count). The summed E-state index contributed by atoms with van der Waals surface area (Å²) in [6, 6.07) is 0.995. The Labute approximate surface area is 70.3 Å². The molecule has 0 saturated heterocycles. The summed E-state index contributed by atoms with van der Waals surface area (Å²) in [6.07, 6.45) is 1.92. The molecule has 0 fully saturated rings. The number of nitrogens with one attached hydrogen (secondary N) is 1. The van der Waals surface area contributed by atoms with Gasteiger partial charge in [0.1, 0.15) is 0 Å². The highest BCUT2D eigenvalue weighted by molar-refractivity contribution is 4.82. The Kier molecular flexibility index (Phi) is 5.16. The van der Waals surface area contributed by atoms with Gasteiger partial charge in [-0.1, -0.05) is 6.08 Å². The summed E-state index contributed by atoms with van der Waals surface area (Å²) < 4.78 is 0. The second-order valence-electron chi connectivity index (χ2n) is 3.25. The van der Waals surface area contributed by atoms with Crippen molar-refractivity contribution >= 4 is 0 Å². The Balaban J connectivity index is 3.45. The first-order chi connectivity index (χ1) is 5.07. The van der Waals surface area contributed by atoms with Crippen molar-refractivity contribution in [2.24, 2.45) is 0 Å². The van der Waals surface area contributed by atoms with Gasteiger partial charge in [-0.2, -0.15) is 0 Å². The third kappa shape index (κ3) is 4.99. The van der Waals surface area contributed by atoms with E-state index in [1.54, 1.807) is 0 Å². The fourth-order valence-electron chi connectivity index (χ4n) is 0.622. The summed E-state index contributed by atoms with van der Waals surface area (Å²) in [4.78, 5) is 2.20. The molecule has 0 aromatic rings. The van der Waals surface area contributed by atoms with Crippen LogP contribution in [0.5, 0.6) is 0 Å². The molecule has 0 aromatic carbocycles. The minimum atomic E-state index is 0.414. The predicted octanol–water partition coefficient (Wildman–Crippen LogP) is 1.10. The maximum Gasteiger partial charge on any atom is 0.0219 e. The number of nitrogens with zero attached hydrogens (tertiary/aromatic N) is 1. The smallest absolute Gasteiger partial charge is 0.0219 e. The minimum Gasteiger partial charge on any atom is -0.309 e. The van der Waals surface area contributed by atoms with Gasteiger partial charge in [0.25, 0.3) is 0 Å². The quantitative estimate of drug-likeness (QED) is 0.600. The zero-order valence-corrected chi connectivity index (χ0v) is 8.09. The highest BCUT2D eigenvalue weighted by Crippen LogP contribution is 1.90. The van der Waals surface area contributed by atoms with E-state index in [-0.39, 0.29) is 0 Å². The molecule has 0 amide bonds. The topological polar surface area (TPSA) is 15.3 Å². The molecule has 0 heterocycles. The summed E-state index contributed by atoms with van der Waals surface area (Å²) in [5.41, 5.74) is 0. The van der Waals surface area contributed by atoms with Crippen LogP contribution in [0.25, 0.3) is 0 Å². The van der Waals surface area contributed by atoms with Crippen molar-refractivity contribution < 1.29 is 0 Å². The van der Waals surface area contributed by atoms with E-state index in [9.17, 15) is 0 Å². The molecule has 0 aliphatic heterocycles. The molecule has 2 heteroatoms. The maximum absolute atomic E-state index is 3.71. The molecule has 2 unspecified atom stereocenters. The second kappa shape index (κ2) is 5.33. The van der Waals surface area contributed by atoms with Gasteiger partial charge in [0.05, 0.1) is 0 Å². The SMILES string of the molecule is C=CC(C)NCC(C)N(C)C. The lowest BCUT2D eigenvalue weighted by atomic mass is 10.2. The largest absolute Gasteiger partial charge is 0.309 e. The van der Waals surface area contributed by atoms with Crippen molar-refractivity contribution in [3.05, 3.63) is 12.7 Å². The number of rotatable bonds is 5. The third-order valence-electron chi connectivity index (χ3n) is 1.97. The maximum atomic E-state index is 3.71. The number of likely N-dealkylation sites (N-methyl/N-ethyl adjacent to an activating group) is 1. The fraction of sp³-hybridized carbons (Fsp3) is 0.778. The Morgan fingerprint density at radius 3 is 2.36 bits per heavy atom. The van der Waals surface area contributed by atoms with E-state index < -0.39 is 0 Å². The first-order valence-electron chi connectivity index (χ1n) is 4.10. The summed E-state index contributed by atoms with van der Waals surface area (Å²) in [6.45, 7) is 9.03. The van der Waals surface area contributed by atoms with Crippen molar-refractivity contribution in [2.45, 2.75) is 25.9 Å². The first kappa shape index (κ1) is 10.7. The van der Waals surface area contributed by atoms with Crippen LogP contribution in [-0.4, -0.2) is 37.6 Å². The Morgan fingerprint density at radius 1 is 1.45 bits per heavy atom. The van der Waals surface area contributed by atoms with Crippen molar-refractivity contribution in [1.82, 2.24) is 10.2 Å². The minimum absolute atomic E-state index is 0.414. The van der Waals surface area contributed by atoms with Gasteiger partial charge < -0.3 is 10.2 Å². The molecule has 0 aliphatic rings. The lowest BCUT2D eigenvalue weighted by Gasteiger charge is -2.21. The molecule has 0 aromatic heterocycles. The molecule has 0 spiro atoms. The van der Waals surface area contributed by atoms with Crippen molar-refractivity contribution in [2.75, 3.05) is 20.6 Å². The van der Waals surface area contributed by atoms with Crippen LogP contribution in [0.1, 0.15) is 13.8 Å². The first-order valence-corrected chi connectivity index (χ1v) is 4.10. The summed E-state index contributed by atoms with van der Waals surface area (Å²) in [7, 11) is 4.18. The molecule has 2 nitrogen and oxygen atoms in total. The van der Waals surface area contributed by atoms with Crippen LogP contribution in [0.3, 0.4) is 0 Å². The van der Waals surface area contributed by atoms with E-state index in [2.05, 4.69) is 44.7 Å². The molecular formula is C9H20N2. The lowest BCUT2D eigenvalue weighted by molar-refractivity contribution is 0.300. The van der Waals surface area contributed by atoms with Crippen LogP contribution in [-0.2, 0) is 0 Å². The average molecular weight is 156 g/mol. The Morgan fingerprint density at radius 2 is 2.00 bits per heavy atom. The Hall–Kier alpha value is -0.340. The van der Waals surface area contributed by atoms with E-state index in [0.717, 1.165) is 6.54 Å². The predicted molar refractivity (Wildman–Crippen MR) is 50.8 cm³/mol. The van der Waals surface area contributed by atoms with E-state index in [1.165, 1.54) is 0 Å². The van der Waals surface area contributed by atoms with Crippen LogP contribution in [0, 0.1) is 0 Å². The van der Waals surface area contributed by atoms with Crippen molar-refractivity contribution in [3.63, 3.8) is 0 Å². The molecule has 0 saturated carbocycles. The lowest BCUT2D eigenvalue weighted by Crippen LogP contribution is -2.38. The average Bonchev–Trinajstić information content (AvgIpc) is 1.99. The monoisotopic (exact) mass is 156 g/mol. The molecule has 0 bridgehead atoms. The molecule has 11 heavy (non-hydrogen) atoms. The molecule has 1 N–H and O–H groups in total. The summed E-state index contributed by atoms with van der Waals surface area (Å²) in [5, 5.41) is 3.35. The van der Waals surface area contributed by atoms with Crippen LogP contribution in [0.4, 0.5) is 0 Å². The van der Waals surface area contributed by atoms with Gasteiger partial charge in [-0.05, 0) is 27.9 Å². The van der Waals surface area contributed by atoms with E-state index in [4.69, 9.17) is 0 Å². The fourth-order valence-corrected chi connectivity index (χ4v) is 0.622. The Bertz CT molecular complexity index is 110. The van der Waals surface area contributed by atoms with Gasteiger partial charge in [0.2, 0.25) is 0 Å². The van der Waals surface area contributed by atoms with Gasteiger partial charge in [0, 0.05) is 18.6 Å².